The number of benzene rings is 2. The predicted octanol–water partition coefficient (Wildman–Crippen LogP) is 4.92. The number of hydrogen-bond donors (Lipinski definition) is 2. The summed E-state index contributed by atoms with van der Waals surface area (Å²) in [5.41, 5.74) is 1.73. The molecule has 4 atom stereocenters. The number of fused-ring (bicyclic) bond motifs is 2. The molecule has 4 rings (SSSR count). The van der Waals surface area contributed by atoms with Gasteiger partial charge < -0.3 is 20.4 Å². The third-order valence-corrected chi connectivity index (χ3v) is 8.33. The number of para-hydroxylation sites is 2. The first-order valence-electron chi connectivity index (χ1n) is 14.0. The number of nitriles is 1. The molecule has 0 aliphatic carbocycles. The minimum Gasteiger partial charge on any atom is -0.373 e. The number of halogens is 3. The summed E-state index contributed by atoms with van der Waals surface area (Å²) < 4.78 is 42.5. The van der Waals surface area contributed by atoms with Crippen LogP contribution in [-0.4, -0.2) is 65.4 Å². The standard InChI is InChI=1S/C31H36F3N5O3/c1-18(2)13-24(38(5)26(40)14-25(31(32,33)34)37-27-19(3)9-8-10-20(27)4)28(41)39-17-30(15-21(39)16-35)22-11-6-7-12-23(22)36-29(30)42/h6-12,18,21,24-25,37H,13-15,17H2,1-5H3,(H,36,42)/t21-,24-,25?,30-/m0/s1. The minimum absolute atomic E-state index is 0.0666. The average molecular weight is 584 g/mol. The van der Waals surface area contributed by atoms with Crippen molar-refractivity contribution in [3.63, 3.8) is 0 Å². The minimum atomic E-state index is -4.74. The van der Waals surface area contributed by atoms with Gasteiger partial charge in [0.1, 0.15) is 18.1 Å². The maximum Gasteiger partial charge on any atom is 0.409 e. The highest BCUT2D eigenvalue weighted by Gasteiger charge is 2.56. The molecule has 224 valence electrons. The van der Waals surface area contributed by atoms with E-state index in [9.17, 15) is 32.8 Å². The van der Waals surface area contributed by atoms with Crippen molar-refractivity contribution in [1.82, 2.24) is 9.80 Å². The highest BCUT2D eigenvalue weighted by Crippen LogP contribution is 2.46. The van der Waals surface area contributed by atoms with Crippen LogP contribution in [0.25, 0.3) is 0 Å². The number of likely N-dealkylation sites (tertiary alicyclic amines) is 1. The molecule has 42 heavy (non-hydrogen) atoms. The normalized spacial score (nSPS) is 21.1. The second kappa shape index (κ2) is 11.7. The molecule has 2 aliphatic rings. The van der Waals surface area contributed by atoms with Crippen LogP contribution in [0.3, 0.4) is 0 Å². The van der Waals surface area contributed by atoms with Crippen molar-refractivity contribution in [2.75, 3.05) is 24.2 Å². The van der Waals surface area contributed by atoms with Gasteiger partial charge in [-0.3, -0.25) is 14.4 Å². The Balaban J connectivity index is 1.59. The van der Waals surface area contributed by atoms with Gasteiger partial charge in [-0.1, -0.05) is 50.2 Å². The Morgan fingerprint density at radius 1 is 1.17 bits per heavy atom. The van der Waals surface area contributed by atoms with E-state index in [0.717, 1.165) is 4.90 Å². The van der Waals surface area contributed by atoms with Gasteiger partial charge in [-0.15, -0.1) is 0 Å². The number of nitrogens with one attached hydrogen (secondary N) is 2. The lowest BCUT2D eigenvalue weighted by Crippen LogP contribution is -2.53. The summed E-state index contributed by atoms with van der Waals surface area (Å²) >= 11 is 0. The average Bonchev–Trinajstić information content (AvgIpc) is 3.45. The fourth-order valence-corrected chi connectivity index (χ4v) is 6.01. The summed E-state index contributed by atoms with van der Waals surface area (Å²) in [6, 6.07) is 10.1. The number of anilines is 2. The van der Waals surface area contributed by atoms with E-state index < -0.39 is 48.0 Å². The molecule has 1 fully saturated rings. The first-order chi connectivity index (χ1) is 19.7. The van der Waals surface area contributed by atoms with Gasteiger partial charge in [0.25, 0.3) is 0 Å². The molecule has 8 nitrogen and oxygen atoms in total. The quantitative estimate of drug-likeness (QED) is 0.459. The Morgan fingerprint density at radius 3 is 2.40 bits per heavy atom. The fraction of sp³-hybridized carbons (Fsp3) is 0.484. The number of carbonyl (C=O) groups is 3. The van der Waals surface area contributed by atoms with Gasteiger partial charge in [-0.2, -0.15) is 18.4 Å². The van der Waals surface area contributed by atoms with Crippen LogP contribution in [0.5, 0.6) is 0 Å². The maximum absolute atomic E-state index is 14.2. The lowest BCUT2D eigenvalue weighted by molar-refractivity contribution is -0.157. The van der Waals surface area contributed by atoms with Crippen LogP contribution in [0.4, 0.5) is 24.5 Å². The SMILES string of the molecule is Cc1cccc(C)c1NC(CC(=O)N(C)[C@@H](CC(C)C)C(=O)N1C[C@]2(C[C@H]1C#N)C(=O)Nc1ccccc12)C(F)(F)F. The molecule has 11 heteroatoms. The van der Waals surface area contributed by atoms with Crippen molar-refractivity contribution < 1.29 is 27.6 Å². The number of nitrogens with zero attached hydrogens (tertiary/aromatic N) is 3. The number of aryl methyl sites for hydroxylation is 2. The summed E-state index contributed by atoms with van der Waals surface area (Å²) in [4.78, 5) is 43.0. The Labute approximate surface area is 243 Å². The molecule has 1 spiro atoms. The predicted molar refractivity (Wildman–Crippen MR) is 152 cm³/mol. The second-order valence-corrected chi connectivity index (χ2v) is 11.8. The Bertz CT molecular complexity index is 1400. The van der Waals surface area contributed by atoms with Crippen molar-refractivity contribution >= 4 is 29.1 Å². The molecule has 2 aliphatic heterocycles. The van der Waals surface area contributed by atoms with Gasteiger partial charge in [0, 0.05) is 31.4 Å². The van der Waals surface area contributed by atoms with Crippen molar-refractivity contribution in [3.8, 4) is 6.07 Å². The van der Waals surface area contributed by atoms with Crippen molar-refractivity contribution in [2.45, 2.75) is 76.7 Å². The van der Waals surface area contributed by atoms with E-state index in [1.807, 2.05) is 13.8 Å². The van der Waals surface area contributed by atoms with Crippen LogP contribution in [0.1, 0.15) is 49.8 Å². The fourth-order valence-electron chi connectivity index (χ4n) is 6.01. The highest BCUT2D eigenvalue weighted by molar-refractivity contribution is 6.07. The number of rotatable bonds is 8. The molecule has 1 saturated heterocycles. The zero-order valence-electron chi connectivity index (χ0n) is 24.4. The lowest BCUT2D eigenvalue weighted by atomic mass is 9.80. The van der Waals surface area contributed by atoms with E-state index in [1.165, 1.54) is 11.9 Å². The number of likely N-dealkylation sites (N-methyl/N-ethyl adjacent to an activating group) is 1. The summed E-state index contributed by atoms with van der Waals surface area (Å²) in [5.74, 6) is -1.82. The van der Waals surface area contributed by atoms with Gasteiger partial charge in [0.05, 0.1) is 17.9 Å². The largest absolute Gasteiger partial charge is 0.409 e. The summed E-state index contributed by atoms with van der Waals surface area (Å²) in [5, 5.41) is 15.3. The van der Waals surface area contributed by atoms with Crippen LogP contribution in [0, 0.1) is 31.1 Å². The Hall–Kier alpha value is -4.07. The second-order valence-electron chi connectivity index (χ2n) is 11.8. The van der Waals surface area contributed by atoms with E-state index in [1.54, 1.807) is 56.3 Å². The van der Waals surface area contributed by atoms with Crippen molar-refractivity contribution in [1.29, 1.82) is 5.26 Å². The number of carbonyl (C=O) groups excluding carboxylic acids is 3. The molecule has 2 heterocycles. The molecule has 0 aromatic heterocycles. The molecular weight excluding hydrogens is 547 g/mol. The monoisotopic (exact) mass is 583 g/mol. The zero-order chi connectivity index (χ0) is 31.0. The third-order valence-electron chi connectivity index (χ3n) is 8.33. The van der Waals surface area contributed by atoms with E-state index >= 15 is 0 Å². The summed E-state index contributed by atoms with van der Waals surface area (Å²) in [6.45, 7) is 6.99. The van der Waals surface area contributed by atoms with Crippen LogP contribution >= 0.6 is 0 Å². The van der Waals surface area contributed by atoms with Gasteiger partial charge in [-0.05, 0) is 48.9 Å². The van der Waals surface area contributed by atoms with Gasteiger partial charge in [-0.25, -0.2) is 0 Å². The number of hydrogen-bond acceptors (Lipinski definition) is 5. The summed E-state index contributed by atoms with van der Waals surface area (Å²) in [7, 11) is 1.32. The molecule has 1 unspecified atom stereocenters. The van der Waals surface area contributed by atoms with Gasteiger partial charge in [0.2, 0.25) is 17.7 Å². The van der Waals surface area contributed by atoms with Crippen molar-refractivity contribution in [2.24, 2.45) is 5.92 Å². The molecule has 0 bridgehead atoms. The van der Waals surface area contributed by atoms with Crippen molar-refractivity contribution in [3.05, 3.63) is 59.2 Å². The molecule has 0 radical (unpaired) electrons. The van der Waals surface area contributed by atoms with E-state index in [2.05, 4.69) is 16.7 Å². The molecule has 2 aromatic rings. The van der Waals surface area contributed by atoms with E-state index in [4.69, 9.17) is 0 Å². The third kappa shape index (κ3) is 5.80. The smallest absolute Gasteiger partial charge is 0.373 e. The topological polar surface area (TPSA) is 106 Å². The van der Waals surface area contributed by atoms with Gasteiger partial charge in [0.15, 0.2) is 0 Å². The van der Waals surface area contributed by atoms with Crippen LogP contribution < -0.4 is 10.6 Å². The first-order valence-corrected chi connectivity index (χ1v) is 14.0. The number of amides is 3. The molecule has 2 N–H and O–H groups in total. The molecule has 3 amide bonds. The van der Waals surface area contributed by atoms with Gasteiger partial charge >= 0.3 is 6.18 Å². The number of alkyl halides is 3. The van der Waals surface area contributed by atoms with Crippen LogP contribution in [0.15, 0.2) is 42.5 Å². The molecule has 2 aromatic carbocycles. The summed E-state index contributed by atoms with van der Waals surface area (Å²) in [6.07, 6.45) is -5.40. The zero-order valence-corrected chi connectivity index (χ0v) is 24.4. The maximum atomic E-state index is 14.2. The lowest BCUT2D eigenvalue weighted by Gasteiger charge is -2.34. The first kappa shape index (κ1) is 30.9. The van der Waals surface area contributed by atoms with E-state index in [0.29, 0.717) is 28.1 Å². The molecular formula is C31H36F3N5O3. The highest BCUT2D eigenvalue weighted by atomic mass is 19.4. The molecule has 0 saturated carbocycles. The van der Waals surface area contributed by atoms with Crippen LogP contribution in [-0.2, 0) is 19.8 Å². The Morgan fingerprint density at radius 2 is 1.81 bits per heavy atom. The van der Waals surface area contributed by atoms with Crippen LogP contribution in [0.2, 0.25) is 0 Å². The Kier molecular flexibility index (Phi) is 8.58. The van der Waals surface area contributed by atoms with E-state index in [-0.39, 0.29) is 31.2 Å².